The number of carbonyl (C=O) groups excluding carboxylic acids is 1. The van der Waals surface area contributed by atoms with Crippen LogP contribution in [0.1, 0.15) is 124 Å². The number of nitrogens with one attached hydrogen (secondary N) is 2. The Labute approximate surface area is 310 Å². The molecule has 0 spiro atoms. The summed E-state index contributed by atoms with van der Waals surface area (Å²) in [6.45, 7) is 1.73. The van der Waals surface area contributed by atoms with E-state index in [-0.39, 0.29) is 5.91 Å². The van der Waals surface area contributed by atoms with Crippen LogP contribution < -0.4 is 10.6 Å². The van der Waals surface area contributed by atoms with E-state index in [9.17, 15) is 4.79 Å². The molecular weight excluding hydrogens is 682 g/mol. The molecule has 2 aromatic carbocycles. The summed E-state index contributed by atoms with van der Waals surface area (Å²) in [4.78, 5) is 20.7. The third-order valence-electron chi connectivity index (χ3n) is 10.2. The molecule has 2 bridgehead atoms. The van der Waals surface area contributed by atoms with Gasteiger partial charge in [0.05, 0.1) is 6.54 Å². The maximum absolute atomic E-state index is 13.4. The summed E-state index contributed by atoms with van der Waals surface area (Å²) < 4.78 is 2.05. The molecule has 268 valence electrons. The number of aromatic nitrogens is 2. The molecule has 1 fully saturated rings. The molecule has 1 saturated carbocycles. The number of amides is 1. The van der Waals surface area contributed by atoms with Crippen molar-refractivity contribution in [2.45, 2.75) is 114 Å². The number of fused-ring (bicyclic) bond motifs is 2. The van der Waals surface area contributed by atoms with Crippen molar-refractivity contribution >= 4 is 27.5 Å². The first-order valence-corrected chi connectivity index (χ1v) is 20.1. The first-order valence-electron chi connectivity index (χ1n) is 19.2. The van der Waals surface area contributed by atoms with Gasteiger partial charge in [-0.25, -0.2) is 4.98 Å². The summed E-state index contributed by atoms with van der Waals surface area (Å²) in [5.74, 6) is 9.40. The van der Waals surface area contributed by atoms with Crippen molar-refractivity contribution in [3.63, 3.8) is 0 Å². The van der Waals surface area contributed by atoms with Crippen LogP contribution in [0.3, 0.4) is 0 Å². The maximum atomic E-state index is 13.4. The topological polar surface area (TPSA) is 62.2 Å². The largest absolute Gasteiger partial charge is 0.390 e. The van der Waals surface area contributed by atoms with E-state index < -0.39 is 0 Å². The number of halogens is 1. The number of benzene rings is 2. The second-order valence-corrected chi connectivity index (χ2v) is 16.1. The fourth-order valence-electron chi connectivity index (χ4n) is 7.56. The number of alkyl halides is 1. The number of anilines is 1. The van der Waals surface area contributed by atoms with Crippen molar-refractivity contribution in [1.82, 2.24) is 19.8 Å². The Hall–Kier alpha value is -3.34. The standard InChI is InChI=1S/C43H58BrN5O/c1-48(2)33-42-46-27-28-49(42)41-23-12-22-40(31-41)47-43(50)38-19-10-16-36(30-38)24-25-37-18-9-15-35-17-11-21-39(44)20-7-3-5-13-34(29-35)14-6-4-8-26-45-32-37/h10,12,16,19,22-23,27-28,30-32,34-35,39,45H,3-9,11,13-15,17-18,20-21,26,29,33H2,1-2H3,(H,47,50)/b37-32+. The monoisotopic (exact) mass is 739 g/mol. The van der Waals surface area contributed by atoms with Gasteiger partial charge in [0.1, 0.15) is 5.82 Å². The molecule has 6 nitrogen and oxygen atoms in total. The normalized spacial score (nSPS) is 22.6. The van der Waals surface area contributed by atoms with E-state index in [1.807, 2.05) is 75.0 Å². The first-order chi connectivity index (χ1) is 24.4. The van der Waals surface area contributed by atoms with Crippen molar-refractivity contribution < 1.29 is 4.79 Å². The van der Waals surface area contributed by atoms with Crippen LogP contribution in [-0.4, -0.2) is 45.8 Å². The Morgan fingerprint density at radius 1 is 0.900 bits per heavy atom. The van der Waals surface area contributed by atoms with E-state index in [0.717, 1.165) is 59.7 Å². The molecule has 3 aromatic rings. The van der Waals surface area contributed by atoms with Crippen LogP contribution in [0.4, 0.5) is 5.69 Å². The highest BCUT2D eigenvalue weighted by Crippen LogP contribution is 2.33. The van der Waals surface area contributed by atoms with E-state index in [1.54, 1.807) is 0 Å². The minimum Gasteiger partial charge on any atom is -0.390 e. The Morgan fingerprint density at radius 2 is 1.64 bits per heavy atom. The summed E-state index contributed by atoms with van der Waals surface area (Å²) >= 11 is 3.96. The predicted molar refractivity (Wildman–Crippen MR) is 212 cm³/mol. The highest BCUT2D eigenvalue weighted by molar-refractivity contribution is 9.09. The van der Waals surface area contributed by atoms with Crippen molar-refractivity contribution in [2.75, 3.05) is 26.0 Å². The van der Waals surface area contributed by atoms with Gasteiger partial charge in [0.2, 0.25) is 0 Å². The number of imidazole rings is 1. The van der Waals surface area contributed by atoms with Crippen LogP contribution in [0.5, 0.6) is 0 Å². The molecule has 0 saturated heterocycles. The van der Waals surface area contributed by atoms with Crippen molar-refractivity contribution in [2.24, 2.45) is 11.8 Å². The predicted octanol–water partition coefficient (Wildman–Crippen LogP) is 10.3. The lowest BCUT2D eigenvalue weighted by Crippen LogP contribution is -2.15. The molecule has 1 amide bonds. The molecule has 2 N–H and O–H groups in total. The average Bonchev–Trinajstić information content (AvgIpc) is 3.56. The number of carbonyl (C=O) groups is 1. The minimum absolute atomic E-state index is 0.148. The van der Waals surface area contributed by atoms with E-state index in [2.05, 4.69) is 59.1 Å². The van der Waals surface area contributed by atoms with Gasteiger partial charge in [-0.1, -0.05) is 104 Å². The van der Waals surface area contributed by atoms with Gasteiger partial charge in [0.25, 0.3) is 5.91 Å². The molecule has 1 aliphatic heterocycles. The number of hydrogen-bond donors (Lipinski definition) is 2. The summed E-state index contributed by atoms with van der Waals surface area (Å²) in [7, 11) is 4.06. The fourth-order valence-corrected chi connectivity index (χ4v) is 8.21. The van der Waals surface area contributed by atoms with Crippen LogP contribution in [0.2, 0.25) is 0 Å². The zero-order chi connectivity index (χ0) is 35.0. The van der Waals surface area contributed by atoms with E-state index >= 15 is 0 Å². The van der Waals surface area contributed by atoms with Gasteiger partial charge in [-0.15, -0.1) is 0 Å². The van der Waals surface area contributed by atoms with Gasteiger partial charge in [-0.05, 0) is 101 Å². The molecule has 7 heteroatoms. The molecular formula is C43H58BrN5O. The molecule has 3 unspecified atom stereocenters. The SMILES string of the molecule is CN(C)Cc1nccn1-c1cccc(NC(=O)c2cccc(C#C/C3=C/NCCCCCC4CCCCCC(Br)CCCC(CCC3)C4)c2)c1. The Morgan fingerprint density at radius 3 is 2.48 bits per heavy atom. The number of hydrogen-bond acceptors (Lipinski definition) is 4. The maximum Gasteiger partial charge on any atom is 0.255 e. The minimum atomic E-state index is -0.148. The summed E-state index contributed by atoms with van der Waals surface area (Å²) in [6, 6.07) is 15.6. The van der Waals surface area contributed by atoms with Gasteiger partial charge < -0.3 is 20.1 Å². The zero-order valence-electron chi connectivity index (χ0n) is 30.4. The van der Waals surface area contributed by atoms with Gasteiger partial charge in [0, 0.05) is 58.0 Å². The highest BCUT2D eigenvalue weighted by atomic mass is 79.9. The van der Waals surface area contributed by atoms with Gasteiger partial charge in [-0.2, -0.15) is 0 Å². The quantitative estimate of drug-likeness (QED) is 0.202. The number of allylic oxidation sites excluding steroid dienone is 1. The molecule has 3 atom stereocenters. The second-order valence-electron chi connectivity index (χ2n) is 14.8. The molecule has 0 radical (unpaired) electrons. The highest BCUT2D eigenvalue weighted by Gasteiger charge is 2.19. The molecule has 2 heterocycles. The van der Waals surface area contributed by atoms with E-state index in [1.165, 1.54) is 96.3 Å². The lowest BCUT2D eigenvalue weighted by atomic mass is 9.81. The molecule has 50 heavy (non-hydrogen) atoms. The Balaban J connectivity index is 1.23. The van der Waals surface area contributed by atoms with Gasteiger partial charge in [0.15, 0.2) is 0 Å². The Bertz CT molecular complexity index is 1580. The molecule has 2 aliphatic rings. The summed E-state index contributed by atoms with van der Waals surface area (Å²) in [6.07, 6.45) is 27.0. The third-order valence-corrected chi connectivity index (χ3v) is 11.2. The lowest BCUT2D eigenvalue weighted by molar-refractivity contribution is 0.102. The van der Waals surface area contributed by atoms with Crippen molar-refractivity contribution in [1.29, 1.82) is 0 Å². The summed E-state index contributed by atoms with van der Waals surface area (Å²) in [5, 5.41) is 6.67. The smallest absolute Gasteiger partial charge is 0.255 e. The van der Waals surface area contributed by atoms with Crippen LogP contribution in [-0.2, 0) is 6.54 Å². The van der Waals surface area contributed by atoms with Crippen LogP contribution in [0.15, 0.2) is 72.7 Å². The van der Waals surface area contributed by atoms with Crippen molar-refractivity contribution in [3.8, 4) is 17.5 Å². The fraction of sp³-hybridized carbons (Fsp3) is 0.535. The summed E-state index contributed by atoms with van der Waals surface area (Å²) in [5.41, 5.74) is 4.31. The van der Waals surface area contributed by atoms with Crippen LogP contribution in [0, 0.1) is 23.7 Å². The number of nitrogens with zero attached hydrogens (tertiary/aromatic N) is 3. The van der Waals surface area contributed by atoms with E-state index in [0.29, 0.717) is 10.4 Å². The number of rotatable bonds is 5. The lowest BCUT2D eigenvalue weighted by Gasteiger charge is -2.25. The van der Waals surface area contributed by atoms with Crippen LogP contribution >= 0.6 is 15.9 Å². The third kappa shape index (κ3) is 12.8. The average molecular weight is 741 g/mol. The zero-order valence-corrected chi connectivity index (χ0v) is 32.0. The molecule has 5 rings (SSSR count). The Kier molecular flexibility index (Phi) is 15.5. The molecule has 1 aliphatic carbocycles. The van der Waals surface area contributed by atoms with Gasteiger partial charge in [-0.3, -0.25) is 4.79 Å². The molecule has 1 aromatic heterocycles. The van der Waals surface area contributed by atoms with Crippen LogP contribution in [0.25, 0.3) is 5.69 Å². The van der Waals surface area contributed by atoms with Crippen molar-refractivity contribution in [3.05, 3.63) is 89.6 Å². The van der Waals surface area contributed by atoms with E-state index in [4.69, 9.17) is 0 Å². The second kappa shape index (κ2) is 20.5. The van der Waals surface area contributed by atoms with Gasteiger partial charge >= 0.3 is 0 Å². The first kappa shape index (κ1) is 37.9.